The van der Waals surface area contributed by atoms with Crippen LogP contribution in [0.5, 0.6) is 5.75 Å². The highest BCUT2D eigenvalue weighted by atomic mass is 16.6. The van der Waals surface area contributed by atoms with Crippen molar-refractivity contribution in [2.45, 2.75) is 12.8 Å². The van der Waals surface area contributed by atoms with Gasteiger partial charge in [-0.05, 0) is 30.5 Å². The van der Waals surface area contributed by atoms with Crippen LogP contribution in [0.4, 0.5) is 5.69 Å². The average Bonchev–Trinajstić information content (AvgIpc) is 2.38. The Morgan fingerprint density at radius 2 is 1.89 bits per heavy atom. The molecular formula is C13H12N2O3. The van der Waals surface area contributed by atoms with Crippen molar-refractivity contribution in [2.75, 3.05) is 0 Å². The predicted molar refractivity (Wildman–Crippen MR) is 66.4 cm³/mol. The summed E-state index contributed by atoms with van der Waals surface area (Å²) >= 11 is 0. The highest BCUT2D eigenvalue weighted by Crippen LogP contribution is 2.17. The Labute approximate surface area is 104 Å². The Hall–Kier alpha value is -2.43. The number of nitro benzene ring substituents is 1. The maximum absolute atomic E-state index is 10.5. The molecule has 5 nitrogen and oxygen atoms in total. The Bertz CT molecular complexity index is 552. The van der Waals surface area contributed by atoms with Crippen LogP contribution in [0.3, 0.4) is 0 Å². The normalized spacial score (nSPS) is 10.2. The summed E-state index contributed by atoms with van der Waals surface area (Å²) in [4.78, 5) is 14.2. The van der Waals surface area contributed by atoms with Gasteiger partial charge in [0.05, 0.1) is 10.6 Å². The summed E-state index contributed by atoms with van der Waals surface area (Å²) in [7, 11) is 0. The van der Waals surface area contributed by atoms with E-state index in [2.05, 4.69) is 4.98 Å². The van der Waals surface area contributed by atoms with Crippen LogP contribution in [0.15, 0.2) is 42.6 Å². The summed E-state index contributed by atoms with van der Waals surface area (Å²) in [5.41, 5.74) is 1.70. The number of rotatable bonds is 4. The topological polar surface area (TPSA) is 76.3 Å². The SMILES string of the molecule is O=[N+]([O-])c1ccc(CCc2ncccc2O)cc1. The van der Waals surface area contributed by atoms with E-state index in [-0.39, 0.29) is 11.4 Å². The van der Waals surface area contributed by atoms with Gasteiger partial charge in [0.25, 0.3) is 5.69 Å². The van der Waals surface area contributed by atoms with E-state index in [4.69, 9.17) is 0 Å². The highest BCUT2D eigenvalue weighted by Gasteiger charge is 2.05. The third-order valence-corrected chi connectivity index (χ3v) is 2.66. The van der Waals surface area contributed by atoms with Crippen molar-refractivity contribution in [3.8, 4) is 5.75 Å². The molecule has 0 saturated carbocycles. The molecule has 0 atom stereocenters. The molecular weight excluding hydrogens is 232 g/mol. The summed E-state index contributed by atoms with van der Waals surface area (Å²) in [6, 6.07) is 9.67. The summed E-state index contributed by atoms with van der Waals surface area (Å²) in [5, 5.41) is 20.1. The molecule has 0 aliphatic heterocycles. The second-order valence-corrected chi connectivity index (χ2v) is 3.89. The summed E-state index contributed by atoms with van der Waals surface area (Å²) in [5.74, 6) is 0.180. The van der Waals surface area contributed by atoms with Crippen LogP contribution in [0.25, 0.3) is 0 Å². The quantitative estimate of drug-likeness (QED) is 0.662. The van der Waals surface area contributed by atoms with Crippen molar-refractivity contribution in [3.05, 3.63) is 64.0 Å². The van der Waals surface area contributed by atoms with Crippen LogP contribution in [0.1, 0.15) is 11.3 Å². The molecule has 1 N–H and O–H groups in total. The molecule has 0 saturated heterocycles. The van der Waals surface area contributed by atoms with Crippen LogP contribution >= 0.6 is 0 Å². The number of aryl methyl sites for hydroxylation is 2. The van der Waals surface area contributed by atoms with Gasteiger partial charge in [0, 0.05) is 18.3 Å². The largest absolute Gasteiger partial charge is 0.506 e. The van der Waals surface area contributed by atoms with Gasteiger partial charge in [-0.3, -0.25) is 15.1 Å². The van der Waals surface area contributed by atoms with Gasteiger partial charge in [-0.1, -0.05) is 12.1 Å². The van der Waals surface area contributed by atoms with Gasteiger partial charge in [-0.25, -0.2) is 0 Å². The van der Waals surface area contributed by atoms with Crippen molar-refractivity contribution in [2.24, 2.45) is 0 Å². The monoisotopic (exact) mass is 244 g/mol. The standard InChI is InChI=1S/C13H12N2O3/c16-13-2-1-9-14-12(13)8-5-10-3-6-11(7-4-10)15(17)18/h1-4,6-7,9,16H,5,8H2. The Kier molecular flexibility index (Phi) is 3.52. The van der Waals surface area contributed by atoms with Gasteiger partial charge in [-0.2, -0.15) is 0 Å². The van der Waals surface area contributed by atoms with E-state index in [1.54, 1.807) is 30.5 Å². The first-order valence-electron chi connectivity index (χ1n) is 5.53. The zero-order valence-electron chi connectivity index (χ0n) is 9.61. The minimum Gasteiger partial charge on any atom is -0.506 e. The van der Waals surface area contributed by atoms with E-state index < -0.39 is 4.92 Å². The van der Waals surface area contributed by atoms with E-state index in [1.165, 1.54) is 12.1 Å². The first-order chi connectivity index (χ1) is 8.66. The Morgan fingerprint density at radius 1 is 1.17 bits per heavy atom. The molecule has 0 unspecified atom stereocenters. The molecule has 2 rings (SSSR count). The lowest BCUT2D eigenvalue weighted by atomic mass is 10.1. The Morgan fingerprint density at radius 3 is 2.50 bits per heavy atom. The minimum atomic E-state index is -0.422. The third kappa shape index (κ3) is 2.82. The number of nitro groups is 1. The molecule has 1 heterocycles. The number of hydrogen-bond acceptors (Lipinski definition) is 4. The minimum absolute atomic E-state index is 0.0828. The van der Waals surface area contributed by atoms with Crippen LogP contribution in [-0.2, 0) is 12.8 Å². The van der Waals surface area contributed by atoms with Gasteiger partial charge in [0.1, 0.15) is 5.75 Å². The lowest BCUT2D eigenvalue weighted by molar-refractivity contribution is -0.384. The number of pyridine rings is 1. The number of hydrogen-bond donors (Lipinski definition) is 1. The lowest BCUT2D eigenvalue weighted by Crippen LogP contribution is -1.95. The van der Waals surface area contributed by atoms with Crippen molar-refractivity contribution in [3.63, 3.8) is 0 Å². The number of aromatic hydroxyl groups is 1. The molecule has 1 aromatic heterocycles. The summed E-state index contributed by atoms with van der Waals surface area (Å²) in [6.45, 7) is 0. The molecule has 2 aromatic rings. The zero-order valence-corrected chi connectivity index (χ0v) is 9.61. The van der Waals surface area contributed by atoms with Crippen LogP contribution < -0.4 is 0 Å². The Balaban J connectivity index is 2.02. The van der Waals surface area contributed by atoms with Crippen LogP contribution in [-0.4, -0.2) is 15.0 Å². The van der Waals surface area contributed by atoms with Crippen molar-refractivity contribution >= 4 is 5.69 Å². The molecule has 1 aromatic carbocycles. The van der Waals surface area contributed by atoms with Gasteiger partial charge < -0.3 is 5.11 Å². The fraction of sp³-hybridized carbons (Fsp3) is 0.154. The van der Waals surface area contributed by atoms with Crippen molar-refractivity contribution in [1.29, 1.82) is 0 Å². The van der Waals surface area contributed by atoms with E-state index in [0.29, 0.717) is 18.5 Å². The first kappa shape index (κ1) is 12.0. The maximum Gasteiger partial charge on any atom is 0.269 e. The van der Waals surface area contributed by atoms with E-state index >= 15 is 0 Å². The predicted octanol–water partition coefficient (Wildman–Crippen LogP) is 2.48. The lowest BCUT2D eigenvalue weighted by Gasteiger charge is -2.03. The molecule has 0 spiro atoms. The van der Waals surface area contributed by atoms with E-state index in [1.807, 2.05) is 0 Å². The van der Waals surface area contributed by atoms with Crippen LogP contribution in [0.2, 0.25) is 0 Å². The van der Waals surface area contributed by atoms with Gasteiger partial charge in [0.2, 0.25) is 0 Å². The zero-order chi connectivity index (χ0) is 13.0. The average molecular weight is 244 g/mol. The van der Waals surface area contributed by atoms with Crippen molar-refractivity contribution in [1.82, 2.24) is 4.98 Å². The van der Waals surface area contributed by atoms with Crippen LogP contribution in [0, 0.1) is 10.1 Å². The molecule has 0 bridgehead atoms. The highest BCUT2D eigenvalue weighted by molar-refractivity contribution is 5.33. The molecule has 5 heteroatoms. The molecule has 0 fully saturated rings. The number of benzene rings is 1. The molecule has 18 heavy (non-hydrogen) atoms. The molecule has 0 aliphatic carbocycles. The van der Waals surface area contributed by atoms with E-state index in [9.17, 15) is 15.2 Å². The first-order valence-corrected chi connectivity index (χ1v) is 5.53. The number of nitrogens with zero attached hydrogens (tertiary/aromatic N) is 2. The molecule has 0 aliphatic rings. The number of non-ortho nitro benzene ring substituents is 1. The second kappa shape index (κ2) is 5.27. The number of aromatic nitrogens is 1. The fourth-order valence-electron chi connectivity index (χ4n) is 1.67. The molecule has 92 valence electrons. The fourth-order valence-corrected chi connectivity index (χ4v) is 1.67. The molecule has 0 amide bonds. The van der Waals surface area contributed by atoms with Gasteiger partial charge in [-0.15, -0.1) is 0 Å². The van der Waals surface area contributed by atoms with Gasteiger partial charge >= 0.3 is 0 Å². The smallest absolute Gasteiger partial charge is 0.269 e. The maximum atomic E-state index is 10.5. The third-order valence-electron chi connectivity index (χ3n) is 2.66. The van der Waals surface area contributed by atoms with E-state index in [0.717, 1.165) is 5.56 Å². The summed E-state index contributed by atoms with van der Waals surface area (Å²) < 4.78 is 0. The van der Waals surface area contributed by atoms with Gasteiger partial charge in [0.15, 0.2) is 0 Å². The second-order valence-electron chi connectivity index (χ2n) is 3.89. The van der Waals surface area contributed by atoms with Crippen molar-refractivity contribution < 1.29 is 10.0 Å². The molecule has 0 radical (unpaired) electrons. The summed E-state index contributed by atoms with van der Waals surface area (Å²) in [6.07, 6.45) is 2.91.